The Kier molecular flexibility index (Phi) is 7.19. The molecule has 0 rings (SSSR count). The number of rotatable bonds is 7. The van der Waals surface area contributed by atoms with Crippen LogP contribution in [-0.2, 0) is 4.74 Å². The van der Waals surface area contributed by atoms with Crippen LogP contribution in [-0.4, -0.2) is 23.7 Å². The van der Waals surface area contributed by atoms with Gasteiger partial charge in [-0.2, -0.15) is 0 Å². The largest absolute Gasteiger partial charge is 0.368 e. The minimum atomic E-state index is -0.781. The molecule has 0 bridgehead atoms. The number of alkyl halides is 1. The zero-order chi connectivity index (χ0) is 10.3. The summed E-state index contributed by atoms with van der Waals surface area (Å²) in [4.78, 5) is 0. The third-order valence-corrected chi connectivity index (χ3v) is 2.04. The van der Waals surface area contributed by atoms with Crippen molar-refractivity contribution in [3.63, 3.8) is 0 Å². The highest BCUT2D eigenvalue weighted by molar-refractivity contribution is 4.59. The molecule has 1 N–H and O–H groups in total. The number of aliphatic hydroxyl groups is 1. The third-order valence-electron chi connectivity index (χ3n) is 2.04. The highest BCUT2D eigenvalue weighted by Gasteiger charge is 2.12. The van der Waals surface area contributed by atoms with Crippen LogP contribution in [0, 0.1) is 0 Å². The van der Waals surface area contributed by atoms with Crippen LogP contribution >= 0.6 is 0 Å². The standard InChI is InChI=1S/C10H21FO2/c1-4-9(7-6-8(3)11)13-10(12)5-2/h8-10,12H,4-7H2,1-3H3/t8?,9-,10?/m1/s1. The molecule has 0 spiro atoms. The number of hydrogen-bond acceptors (Lipinski definition) is 2. The van der Waals surface area contributed by atoms with Crippen molar-refractivity contribution < 1.29 is 14.2 Å². The van der Waals surface area contributed by atoms with E-state index in [0.717, 1.165) is 6.42 Å². The number of halogens is 1. The van der Waals surface area contributed by atoms with Crippen molar-refractivity contribution in [3.8, 4) is 0 Å². The van der Waals surface area contributed by atoms with Gasteiger partial charge in [0.15, 0.2) is 6.29 Å². The van der Waals surface area contributed by atoms with Gasteiger partial charge in [0.2, 0.25) is 0 Å². The summed E-state index contributed by atoms with van der Waals surface area (Å²) in [5.74, 6) is 0. The summed E-state index contributed by atoms with van der Waals surface area (Å²) >= 11 is 0. The molecule has 0 aromatic rings. The van der Waals surface area contributed by atoms with Crippen LogP contribution in [0.15, 0.2) is 0 Å². The highest BCUT2D eigenvalue weighted by Crippen LogP contribution is 2.12. The van der Waals surface area contributed by atoms with Crippen LogP contribution in [0.3, 0.4) is 0 Å². The molecule has 2 nitrogen and oxygen atoms in total. The lowest BCUT2D eigenvalue weighted by molar-refractivity contribution is -0.140. The summed E-state index contributed by atoms with van der Waals surface area (Å²) in [6.45, 7) is 5.38. The minimum Gasteiger partial charge on any atom is -0.368 e. The first-order valence-corrected chi connectivity index (χ1v) is 5.07. The molecule has 0 aliphatic carbocycles. The van der Waals surface area contributed by atoms with E-state index in [4.69, 9.17) is 4.74 Å². The average molecular weight is 192 g/mol. The number of ether oxygens (including phenoxy) is 1. The summed E-state index contributed by atoms with van der Waals surface area (Å²) in [6.07, 6.45) is 1.12. The minimum absolute atomic E-state index is 0.00634. The molecule has 13 heavy (non-hydrogen) atoms. The number of aliphatic hydroxyl groups excluding tert-OH is 1. The fourth-order valence-electron chi connectivity index (χ4n) is 1.10. The first-order valence-electron chi connectivity index (χ1n) is 5.07. The van der Waals surface area contributed by atoms with Crippen LogP contribution < -0.4 is 0 Å². The first kappa shape index (κ1) is 12.8. The van der Waals surface area contributed by atoms with Crippen LogP contribution in [0.4, 0.5) is 4.39 Å². The zero-order valence-corrected chi connectivity index (χ0v) is 8.79. The Bertz CT molecular complexity index is 117. The Hall–Kier alpha value is -0.150. The van der Waals surface area contributed by atoms with Gasteiger partial charge in [-0.3, -0.25) is 0 Å². The SMILES string of the molecule is CCC(O)O[C@H](CC)CCC(C)F. The van der Waals surface area contributed by atoms with E-state index in [1.807, 2.05) is 13.8 Å². The predicted molar refractivity (Wildman–Crippen MR) is 51.3 cm³/mol. The van der Waals surface area contributed by atoms with E-state index >= 15 is 0 Å². The molecule has 0 radical (unpaired) electrons. The molecule has 0 aliphatic heterocycles. The van der Waals surface area contributed by atoms with Crippen LogP contribution in [0.25, 0.3) is 0 Å². The second-order valence-electron chi connectivity index (χ2n) is 3.39. The van der Waals surface area contributed by atoms with Gasteiger partial charge in [-0.05, 0) is 32.6 Å². The lowest BCUT2D eigenvalue weighted by Crippen LogP contribution is -2.21. The van der Waals surface area contributed by atoms with Crippen molar-refractivity contribution in [2.45, 2.75) is 65.0 Å². The molecule has 3 heteroatoms. The smallest absolute Gasteiger partial charge is 0.154 e. The van der Waals surface area contributed by atoms with E-state index in [1.54, 1.807) is 6.92 Å². The highest BCUT2D eigenvalue weighted by atomic mass is 19.1. The molecule has 80 valence electrons. The van der Waals surface area contributed by atoms with E-state index in [0.29, 0.717) is 19.3 Å². The first-order chi connectivity index (χ1) is 6.10. The van der Waals surface area contributed by atoms with Crippen molar-refractivity contribution in [2.24, 2.45) is 0 Å². The molecule has 3 atom stereocenters. The average Bonchev–Trinajstić information content (AvgIpc) is 2.11. The second kappa shape index (κ2) is 7.27. The predicted octanol–water partition coefficient (Wildman–Crippen LogP) is 2.65. The third kappa shape index (κ3) is 6.96. The summed E-state index contributed by atoms with van der Waals surface area (Å²) in [5.41, 5.74) is 0. The molecule has 0 fully saturated rings. The van der Waals surface area contributed by atoms with Gasteiger partial charge in [-0.15, -0.1) is 0 Å². The molecule has 2 unspecified atom stereocenters. The quantitative estimate of drug-likeness (QED) is 0.628. The van der Waals surface area contributed by atoms with E-state index in [2.05, 4.69) is 0 Å². The van der Waals surface area contributed by atoms with Gasteiger partial charge in [0.25, 0.3) is 0 Å². The van der Waals surface area contributed by atoms with E-state index < -0.39 is 12.5 Å². The van der Waals surface area contributed by atoms with Crippen molar-refractivity contribution in [1.82, 2.24) is 0 Å². The van der Waals surface area contributed by atoms with Crippen molar-refractivity contribution in [3.05, 3.63) is 0 Å². The fourth-order valence-corrected chi connectivity index (χ4v) is 1.10. The summed E-state index contributed by atoms with van der Waals surface area (Å²) in [7, 11) is 0. The molecule has 0 amide bonds. The van der Waals surface area contributed by atoms with Gasteiger partial charge in [-0.1, -0.05) is 13.8 Å². The Morgan fingerprint density at radius 3 is 2.23 bits per heavy atom. The Balaban J connectivity index is 3.62. The molecule has 0 saturated carbocycles. The molecule has 0 heterocycles. The molecule has 0 aromatic carbocycles. The Labute approximate surface area is 80.1 Å². The van der Waals surface area contributed by atoms with Gasteiger partial charge < -0.3 is 9.84 Å². The zero-order valence-electron chi connectivity index (χ0n) is 8.79. The normalized spacial score (nSPS) is 18.2. The van der Waals surface area contributed by atoms with E-state index in [9.17, 15) is 9.50 Å². The maximum atomic E-state index is 12.5. The maximum Gasteiger partial charge on any atom is 0.154 e. The van der Waals surface area contributed by atoms with Gasteiger partial charge in [0, 0.05) is 0 Å². The van der Waals surface area contributed by atoms with Crippen LogP contribution in [0.2, 0.25) is 0 Å². The van der Waals surface area contributed by atoms with Crippen molar-refractivity contribution in [2.75, 3.05) is 0 Å². The number of hydrogen-bond donors (Lipinski definition) is 1. The summed E-state index contributed by atoms with van der Waals surface area (Å²) in [5, 5.41) is 9.21. The van der Waals surface area contributed by atoms with Crippen molar-refractivity contribution in [1.29, 1.82) is 0 Å². The molecular weight excluding hydrogens is 171 g/mol. The lowest BCUT2D eigenvalue weighted by atomic mass is 10.1. The van der Waals surface area contributed by atoms with Crippen molar-refractivity contribution >= 4 is 0 Å². The molecule has 0 aromatic heterocycles. The molecular formula is C10H21FO2. The van der Waals surface area contributed by atoms with Gasteiger partial charge >= 0.3 is 0 Å². The molecule has 0 aliphatic rings. The van der Waals surface area contributed by atoms with E-state index in [1.165, 1.54) is 0 Å². The fraction of sp³-hybridized carbons (Fsp3) is 1.00. The molecule has 0 saturated heterocycles. The van der Waals surface area contributed by atoms with Gasteiger partial charge in [-0.25, -0.2) is 4.39 Å². The van der Waals surface area contributed by atoms with Crippen LogP contribution in [0.1, 0.15) is 46.5 Å². The Morgan fingerprint density at radius 1 is 1.23 bits per heavy atom. The van der Waals surface area contributed by atoms with E-state index in [-0.39, 0.29) is 6.10 Å². The summed E-state index contributed by atoms with van der Waals surface area (Å²) in [6, 6.07) is 0. The summed E-state index contributed by atoms with van der Waals surface area (Å²) < 4.78 is 17.8. The monoisotopic (exact) mass is 192 g/mol. The van der Waals surface area contributed by atoms with Crippen LogP contribution in [0.5, 0.6) is 0 Å². The lowest BCUT2D eigenvalue weighted by Gasteiger charge is -2.19. The second-order valence-corrected chi connectivity index (χ2v) is 3.39. The van der Waals surface area contributed by atoms with Gasteiger partial charge in [0.1, 0.15) is 0 Å². The topological polar surface area (TPSA) is 29.5 Å². The Morgan fingerprint density at radius 2 is 1.85 bits per heavy atom. The maximum absolute atomic E-state index is 12.5. The van der Waals surface area contributed by atoms with Gasteiger partial charge in [0.05, 0.1) is 12.3 Å².